The van der Waals surface area contributed by atoms with Crippen molar-refractivity contribution < 1.29 is 9.32 Å². The van der Waals surface area contributed by atoms with E-state index in [-0.39, 0.29) is 28.5 Å². The molecule has 30 heavy (non-hydrogen) atoms. The molecule has 2 aromatic heterocycles. The summed E-state index contributed by atoms with van der Waals surface area (Å²) in [7, 11) is 0. The lowest BCUT2D eigenvalue weighted by Crippen LogP contribution is -2.49. The zero-order valence-electron chi connectivity index (χ0n) is 18.0. The van der Waals surface area contributed by atoms with Crippen molar-refractivity contribution in [2.75, 3.05) is 36.8 Å². The predicted molar refractivity (Wildman–Crippen MR) is 119 cm³/mol. The van der Waals surface area contributed by atoms with E-state index in [4.69, 9.17) is 10.3 Å². The fraction of sp³-hybridized carbons (Fsp3) is 0.409. The molecule has 1 fully saturated rings. The van der Waals surface area contributed by atoms with E-state index < -0.39 is 0 Å². The van der Waals surface area contributed by atoms with Gasteiger partial charge in [0, 0.05) is 44.0 Å². The summed E-state index contributed by atoms with van der Waals surface area (Å²) in [6, 6.07) is 9.15. The molecule has 0 unspecified atom stereocenters. The maximum absolute atomic E-state index is 12.6. The zero-order chi connectivity index (χ0) is 21.8. The Morgan fingerprint density at radius 1 is 1.03 bits per heavy atom. The Morgan fingerprint density at radius 2 is 1.63 bits per heavy atom. The third kappa shape index (κ3) is 4.03. The highest BCUT2D eigenvalue weighted by Crippen LogP contribution is 2.21. The van der Waals surface area contributed by atoms with E-state index in [1.807, 2.05) is 56.9 Å². The molecule has 1 aliphatic heterocycles. The molecular weight excluding hydrogens is 382 g/mol. The van der Waals surface area contributed by atoms with Gasteiger partial charge in [-0.3, -0.25) is 9.59 Å². The summed E-state index contributed by atoms with van der Waals surface area (Å²) >= 11 is 0. The third-order valence-corrected chi connectivity index (χ3v) is 5.06. The molecule has 1 aliphatic rings. The molecule has 0 aliphatic carbocycles. The molecule has 0 radical (unpaired) electrons. The highest BCUT2D eigenvalue weighted by molar-refractivity contribution is 5.85. The Bertz CT molecular complexity index is 1060. The van der Waals surface area contributed by atoms with Crippen LogP contribution in [0.4, 0.5) is 11.4 Å². The van der Waals surface area contributed by atoms with E-state index in [0.29, 0.717) is 24.5 Å². The van der Waals surface area contributed by atoms with Gasteiger partial charge in [0.25, 0.3) is 11.3 Å². The van der Waals surface area contributed by atoms with Crippen LogP contribution in [0.3, 0.4) is 0 Å². The van der Waals surface area contributed by atoms with Crippen molar-refractivity contribution in [2.45, 2.75) is 27.7 Å². The first-order valence-electron chi connectivity index (χ1n) is 10.4. The van der Waals surface area contributed by atoms with E-state index >= 15 is 0 Å². The van der Waals surface area contributed by atoms with Crippen molar-refractivity contribution in [1.82, 2.24) is 14.6 Å². The lowest BCUT2D eigenvalue weighted by Gasteiger charge is -2.36. The van der Waals surface area contributed by atoms with Crippen LogP contribution in [0.15, 0.2) is 45.8 Å². The van der Waals surface area contributed by atoms with Crippen molar-refractivity contribution in [3.63, 3.8) is 0 Å². The Labute approximate surface area is 175 Å². The summed E-state index contributed by atoms with van der Waals surface area (Å²) in [5, 5.41) is 0.289. The van der Waals surface area contributed by atoms with Gasteiger partial charge in [0.1, 0.15) is 5.39 Å². The summed E-state index contributed by atoms with van der Waals surface area (Å²) in [6.07, 6.45) is 1.51. The van der Waals surface area contributed by atoms with Gasteiger partial charge in [-0.15, -0.1) is 4.74 Å². The zero-order valence-corrected chi connectivity index (χ0v) is 18.0. The van der Waals surface area contributed by atoms with E-state index in [1.165, 1.54) is 10.9 Å². The Hall–Kier alpha value is -3.29. The second-order valence-electron chi connectivity index (χ2n) is 7.25. The van der Waals surface area contributed by atoms with Gasteiger partial charge in [-0.1, -0.05) is 27.7 Å². The Kier molecular flexibility index (Phi) is 6.44. The summed E-state index contributed by atoms with van der Waals surface area (Å²) in [6.45, 7) is 10.8. The van der Waals surface area contributed by atoms with Crippen LogP contribution in [-0.4, -0.2) is 46.7 Å². The normalized spacial score (nSPS) is 14.0. The number of amides is 1. The number of nitrogens with two attached hydrogens (primary N) is 1. The lowest BCUT2D eigenvalue weighted by molar-refractivity contribution is -0.134. The quantitative estimate of drug-likeness (QED) is 0.712. The van der Waals surface area contributed by atoms with Gasteiger partial charge in [-0.2, -0.15) is 0 Å². The van der Waals surface area contributed by atoms with Crippen molar-refractivity contribution in [2.24, 2.45) is 5.92 Å². The largest absolute Gasteiger partial charge is 0.398 e. The molecule has 0 spiro atoms. The van der Waals surface area contributed by atoms with Crippen molar-refractivity contribution >= 4 is 28.4 Å². The predicted octanol–water partition coefficient (Wildman–Crippen LogP) is 2.89. The number of pyridine rings is 1. The number of carbonyl (C=O) groups excluding carboxylic acids is 1. The van der Waals surface area contributed by atoms with Gasteiger partial charge in [-0.25, -0.2) is 4.98 Å². The van der Waals surface area contributed by atoms with Crippen molar-refractivity contribution in [3.05, 3.63) is 46.9 Å². The number of fused-ring (bicyclic) bond motifs is 1. The molecule has 3 aromatic rings. The maximum Gasteiger partial charge on any atom is 0.299 e. The van der Waals surface area contributed by atoms with Crippen LogP contribution in [0.1, 0.15) is 27.7 Å². The fourth-order valence-electron chi connectivity index (χ4n) is 3.49. The van der Waals surface area contributed by atoms with Crippen LogP contribution in [0.25, 0.3) is 16.8 Å². The average Bonchev–Trinajstić information content (AvgIpc) is 3.12. The molecule has 0 bridgehead atoms. The summed E-state index contributed by atoms with van der Waals surface area (Å²) < 4.78 is 6.77. The lowest BCUT2D eigenvalue weighted by atomic mass is 10.1. The number of aromatic nitrogens is 2. The monoisotopic (exact) mass is 411 g/mol. The molecule has 8 nitrogen and oxygen atoms in total. The Morgan fingerprint density at radius 3 is 2.20 bits per heavy atom. The van der Waals surface area contributed by atoms with E-state index in [2.05, 4.69) is 9.88 Å². The first kappa shape index (κ1) is 21.4. The molecular formula is C22H29N5O3. The second kappa shape index (κ2) is 9.02. The van der Waals surface area contributed by atoms with Crippen LogP contribution in [0, 0.1) is 5.92 Å². The first-order valence-corrected chi connectivity index (χ1v) is 10.4. The van der Waals surface area contributed by atoms with E-state index in [0.717, 1.165) is 18.8 Å². The molecule has 0 atom stereocenters. The van der Waals surface area contributed by atoms with Gasteiger partial charge in [0.05, 0.1) is 11.4 Å². The maximum atomic E-state index is 12.6. The fourth-order valence-corrected chi connectivity index (χ4v) is 3.49. The topological polar surface area (TPSA) is 97.6 Å². The van der Waals surface area contributed by atoms with Gasteiger partial charge < -0.3 is 20.1 Å². The molecule has 1 aromatic carbocycles. The SMILES string of the molecule is CC.CC(C)C(=O)N1CCN(c2ccc(-n3oc4nccc(N)c4c3=O)cc2)CC1. The number of hydrogen-bond donors (Lipinski definition) is 1. The number of anilines is 2. The standard InChI is InChI=1S/C20H23N5O3.C2H6/c1-13(2)19(26)24-11-9-23(10-12-24)14-3-5-15(6-4-14)25-20(27)17-16(21)7-8-22-18(17)28-25;1-2/h3-8,13H,9-12H2,1-2H3,(H2,21,22);1-2H3. The molecule has 1 saturated heterocycles. The van der Waals surface area contributed by atoms with Gasteiger partial charge in [0.15, 0.2) is 0 Å². The molecule has 3 heterocycles. The minimum atomic E-state index is -0.325. The number of piperazine rings is 1. The molecule has 4 rings (SSSR count). The van der Waals surface area contributed by atoms with Crippen LogP contribution < -0.4 is 16.2 Å². The average molecular weight is 412 g/mol. The number of nitrogen functional groups attached to an aromatic ring is 1. The number of hydrogen-bond acceptors (Lipinski definition) is 6. The van der Waals surface area contributed by atoms with Gasteiger partial charge >= 0.3 is 0 Å². The molecule has 160 valence electrons. The first-order chi connectivity index (χ1) is 14.5. The molecule has 0 saturated carbocycles. The highest BCUT2D eigenvalue weighted by Gasteiger charge is 2.23. The smallest absolute Gasteiger partial charge is 0.299 e. The van der Waals surface area contributed by atoms with Crippen molar-refractivity contribution in [3.8, 4) is 5.69 Å². The summed E-state index contributed by atoms with van der Waals surface area (Å²) in [5.41, 5.74) is 7.78. The van der Waals surface area contributed by atoms with Crippen LogP contribution in [0.5, 0.6) is 0 Å². The number of nitrogens with zero attached hydrogens (tertiary/aromatic N) is 4. The Balaban J connectivity index is 0.00000124. The van der Waals surface area contributed by atoms with E-state index in [1.54, 1.807) is 6.07 Å². The van der Waals surface area contributed by atoms with Crippen LogP contribution >= 0.6 is 0 Å². The van der Waals surface area contributed by atoms with Crippen LogP contribution in [0.2, 0.25) is 0 Å². The number of carbonyl (C=O) groups is 1. The van der Waals surface area contributed by atoms with Gasteiger partial charge in [0.2, 0.25) is 5.91 Å². The van der Waals surface area contributed by atoms with E-state index in [9.17, 15) is 9.59 Å². The van der Waals surface area contributed by atoms with Gasteiger partial charge in [-0.05, 0) is 30.3 Å². The minimum Gasteiger partial charge on any atom is -0.398 e. The number of rotatable bonds is 3. The molecule has 2 N–H and O–H groups in total. The summed E-state index contributed by atoms with van der Waals surface area (Å²) in [4.78, 5) is 32.9. The number of benzene rings is 1. The minimum absolute atomic E-state index is 0.0245. The highest BCUT2D eigenvalue weighted by atomic mass is 16.5. The molecule has 1 amide bonds. The third-order valence-electron chi connectivity index (χ3n) is 5.06. The van der Waals surface area contributed by atoms with Crippen LogP contribution in [-0.2, 0) is 4.79 Å². The molecule has 8 heteroatoms. The second-order valence-corrected chi connectivity index (χ2v) is 7.25. The summed E-state index contributed by atoms with van der Waals surface area (Å²) in [5.74, 6) is 0.226. The van der Waals surface area contributed by atoms with Crippen molar-refractivity contribution in [1.29, 1.82) is 0 Å².